The molecule has 0 amide bonds. The molecule has 0 bridgehead atoms. The first-order valence-electron chi connectivity index (χ1n) is 8.26. The SMILES string of the molecule is C=Cc1cnccc(N(C)Cc2cc(F)ccc2OCCNC)[nH]nc1. The zero-order chi connectivity index (χ0) is 18.8. The summed E-state index contributed by atoms with van der Waals surface area (Å²) in [6.07, 6.45) is 6.62. The van der Waals surface area contributed by atoms with Crippen molar-refractivity contribution in [2.24, 2.45) is 0 Å². The highest BCUT2D eigenvalue weighted by atomic mass is 19.1. The first-order valence-corrected chi connectivity index (χ1v) is 8.26. The summed E-state index contributed by atoms with van der Waals surface area (Å²) in [4.78, 5) is 6.08. The van der Waals surface area contributed by atoms with Gasteiger partial charge < -0.3 is 15.0 Å². The number of hydrogen-bond donors (Lipinski definition) is 2. The Morgan fingerprint density at radius 2 is 2.19 bits per heavy atom. The monoisotopic (exact) mass is 357 g/mol. The van der Waals surface area contributed by atoms with Crippen molar-refractivity contribution in [3.8, 4) is 5.75 Å². The van der Waals surface area contributed by atoms with E-state index >= 15 is 0 Å². The molecule has 0 aliphatic carbocycles. The van der Waals surface area contributed by atoms with Crippen LogP contribution in [0.25, 0.3) is 6.08 Å². The van der Waals surface area contributed by atoms with Crippen molar-refractivity contribution >= 4 is 11.9 Å². The van der Waals surface area contributed by atoms with Crippen LogP contribution >= 0.6 is 0 Å². The van der Waals surface area contributed by atoms with Crippen LogP contribution in [0.5, 0.6) is 5.75 Å². The van der Waals surface area contributed by atoms with E-state index in [1.165, 1.54) is 12.1 Å². The normalized spacial score (nSPS) is 10.1. The van der Waals surface area contributed by atoms with E-state index in [0.29, 0.717) is 31.3 Å². The van der Waals surface area contributed by atoms with Crippen LogP contribution in [-0.4, -0.2) is 42.4 Å². The van der Waals surface area contributed by atoms with E-state index in [4.69, 9.17) is 4.74 Å². The van der Waals surface area contributed by atoms with Crippen molar-refractivity contribution in [1.82, 2.24) is 20.5 Å². The molecule has 0 atom stereocenters. The largest absolute Gasteiger partial charge is 0.492 e. The quantitative estimate of drug-likeness (QED) is 0.711. The van der Waals surface area contributed by atoms with Crippen LogP contribution in [-0.2, 0) is 6.54 Å². The van der Waals surface area contributed by atoms with Gasteiger partial charge in [0.25, 0.3) is 0 Å². The minimum Gasteiger partial charge on any atom is -0.492 e. The smallest absolute Gasteiger partial charge is 0.124 e. The molecule has 7 heteroatoms. The van der Waals surface area contributed by atoms with E-state index in [2.05, 4.69) is 27.1 Å². The molecule has 0 saturated carbocycles. The van der Waals surface area contributed by atoms with Crippen molar-refractivity contribution in [3.63, 3.8) is 0 Å². The van der Waals surface area contributed by atoms with E-state index in [-0.39, 0.29) is 5.82 Å². The van der Waals surface area contributed by atoms with Crippen LogP contribution in [0, 0.1) is 5.82 Å². The third-order valence-electron chi connectivity index (χ3n) is 3.62. The number of benzene rings is 1. The van der Waals surface area contributed by atoms with E-state index in [0.717, 1.165) is 11.1 Å². The molecular formula is C19H24FN5O. The second-order valence-electron chi connectivity index (χ2n) is 5.61. The summed E-state index contributed by atoms with van der Waals surface area (Å²) in [5.74, 6) is 1.07. The van der Waals surface area contributed by atoms with Crippen LogP contribution in [0.1, 0.15) is 11.1 Å². The molecule has 2 N–H and O–H groups in total. The molecule has 0 radical (unpaired) electrons. The summed E-state index contributed by atoms with van der Waals surface area (Å²) in [5.41, 5.74) is 1.54. The number of H-pyrrole nitrogens is 1. The topological polar surface area (TPSA) is 66.1 Å². The van der Waals surface area contributed by atoms with Gasteiger partial charge in [-0.15, -0.1) is 0 Å². The molecule has 0 spiro atoms. The van der Waals surface area contributed by atoms with Crippen LogP contribution < -0.4 is 15.0 Å². The van der Waals surface area contributed by atoms with Gasteiger partial charge in [0.1, 0.15) is 24.0 Å². The first kappa shape index (κ1) is 19.4. The highest BCUT2D eigenvalue weighted by Crippen LogP contribution is 2.22. The zero-order valence-electron chi connectivity index (χ0n) is 15.1. The fourth-order valence-electron chi connectivity index (χ4n) is 2.22. The number of aromatic amines is 1. The molecule has 6 nitrogen and oxygen atoms in total. The summed E-state index contributed by atoms with van der Waals surface area (Å²) in [6.45, 7) is 5.36. The van der Waals surface area contributed by atoms with Gasteiger partial charge in [0, 0.05) is 43.7 Å². The Morgan fingerprint density at radius 3 is 2.96 bits per heavy atom. The summed E-state index contributed by atoms with van der Waals surface area (Å²) >= 11 is 0. The molecule has 0 aliphatic rings. The van der Waals surface area contributed by atoms with Gasteiger partial charge in [-0.25, -0.2) is 4.39 Å². The van der Waals surface area contributed by atoms with Gasteiger partial charge in [0.05, 0.1) is 6.20 Å². The van der Waals surface area contributed by atoms with E-state index < -0.39 is 0 Å². The Morgan fingerprint density at radius 1 is 1.35 bits per heavy atom. The predicted molar refractivity (Wildman–Crippen MR) is 102 cm³/mol. The lowest BCUT2D eigenvalue weighted by molar-refractivity contribution is 0.314. The summed E-state index contributed by atoms with van der Waals surface area (Å²) < 4.78 is 19.4. The van der Waals surface area contributed by atoms with E-state index in [9.17, 15) is 4.39 Å². The molecule has 138 valence electrons. The van der Waals surface area contributed by atoms with Crippen molar-refractivity contribution in [2.75, 3.05) is 32.1 Å². The Bertz CT molecular complexity index is 776. The Labute approximate surface area is 153 Å². The lowest BCUT2D eigenvalue weighted by atomic mass is 10.2. The minimum atomic E-state index is -0.301. The number of anilines is 1. The molecule has 2 rings (SSSR count). The van der Waals surface area contributed by atoms with Gasteiger partial charge >= 0.3 is 0 Å². The number of halogens is 1. The van der Waals surface area contributed by atoms with Crippen LogP contribution in [0.4, 0.5) is 10.2 Å². The van der Waals surface area contributed by atoms with Gasteiger partial charge in [0.15, 0.2) is 0 Å². The number of nitrogens with zero attached hydrogens (tertiary/aromatic N) is 3. The maximum Gasteiger partial charge on any atom is 0.124 e. The second kappa shape index (κ2) is 10.1. The van der Waals surface area contributed by atoms with Crippen molar-refractivity contribution in [1.29, 1.82) is 0 Å². The van der Waals surface area contributed by atoms with Crippen molar-refractivity contribution in [3.05, 3.63) is 66.4 Å². The summed E-state index contributed by atoms with van der Waals surface area (Å²) in [6, 6.07) is 6.32. The highest BCUT2D eigenvalue weighted by Gasteiger charge is 2.09. The highest BCUT2D eigenvalue weighted by molar-refractivity contribution is 5.43. The molecule has 1 aromatic carbocycles. The average molecular weight is 357 g/mol. The third-order valence-corrected chi connectivity index (χ3v) is 3.62. The van der Waals surface area contributed by atoms with Gasteiger partial charge in [0.2, 0.25) is 0 Å². The standard InChI is InChI=1S/C19H24FN5O/c1-4-15-12-22-8-7-19(24-23-13-15)25(3)14-16-11-17(20)5-6-18(16)26-10-9-21-2/h4-8,11-13,21,24H,1,9-10,14H2,2-3H3. The molecular weight excluding hydrogens is 333 g/mol. The average Bonchev–Trinajstić information content (AvgIpc) is 2.75. The Balaban J connectivity index is 2.23. The maximum absolute atomic E-state index is 13.7. The van der Waals surface area contributed by atoms with Crippen molar-refractivity contribution in [2.45, 2.75) is 6.54 Å². The molecule has 0 saturated heterocycles. The molecule has 0 aliphatic heterocycles. The number of hydrogen-bond acceptors (Lipinski definition) is 5. The molecule has 1 aromatic heterocycles. The molecule has 0 fully saturated rings. The van der Waals surface area contributed by atoms with Crippen molar-refractivity contribution < 1.29 is 9.13 Å². The van der Waals surface area contributed by atoms with Gasteiger partial charge in [-0.3, -0.25) is 10.1 Å². The zero-order valence-corrected chi connectivity index (χ0v) is 15.1. The fourth-order valence-corrected chi connectivity index (χ4v) is 2.22. The number of aromatic nitrogens is 3. The van der Waals surface area contributed by atoms with Crippen LogP contribution in [0.2, 0.25) is 0 Å². The van der Waals surface area contributed by atoms with E-state index in [1.807, 2.05) is 19.0 Å². The summed E-state index contributed by atoms with van der Waals surface area (Å²) in [5, 5.41) is 10.2. The first-order chi connectivity index (χ1) is 12.6. The fraction of sp³-hybridized carbons (Fsp3) is 0.263. The molecule has 1 heterocycles. The van der Waals surface area contributed by atoms with Crippen LogP contribution in [0.3, 0.4) is 0 Å². The second-order valence-corrected chi connectivity index (χ2v) is 5.61. The Hall–Kier alpha value is -2.93. The van der Waals surface area contributed by atoms with Crippen LogP contribution in [0.15, 0.2) is 49.4 Å². The van der Waals surface area contributed by atoms with E-state index in [1.54, 1.807) is 36.8 Å². The number of rotatable bonds is 8. The Kier molecular flexibility index (Phi) is 7.57. The summed E-state index contributed by atoms with van der Waals surface area (Å²) in [7, 11) is 3.73. The molecule has 0 unspecified atom stereocenters. The predicted octanol–water partition coefficient (Wildman–Crippen LogP) is 2.95. The number of likely N-dealkylation sites (N-methyl/N-ethyl adjacent to an activating group) is 1. The third kappa shape index (κ3) is 5.86. The lowest BCUT2D eigenvalue weighted by Crippen LogP contribution is -2.20. The molecule has 26 heavy (non-hydrogen) atoms. The number of nitrogens with one attached hydrogen (secondary N) is 2. The maximum atomic E-state index is 13.7. The number of ether oxygens (including phenoxy) is 1. The van der Waals surface area contributed by atoms with Gasteiger partial charge in [-0.2, -0.15) is 5.10 Å². The minimum absolute atomic E-state index is 0.301. The lowest BCUT2D eigenvalue weighted by Gasteiger charge is -2.20. The van der Waals surface area contributed by atoms with Gasteiger partial charge in [-0.05, 0) is 31.3 Å². The van der Waals surface area contributed by atoms with Gasteiger partial charge in [-0.1, -0.05) is 12.7 Å². The molecule has 2 aromatic rings.